The quantitative estimate of drug-likeness (QED) is 0.181. The molecule has 0 bridgehead atoms. The maximum Gasteiger partial charge on any atom is 0.161 e. The van der Waals surface area contributed by atoms with Crippen molar-refractivity contribution in [1.29, 1.82) is 0 Å². The van der Waals surface area contributed by atoms with Crippen LogP contribution in [0.15, 0.2) is 190 Å². The first-order valence-electron chi connectivity index (χ1n) is 19.2. The molecule has 0 unspecified atom stereocenters. The van der Waals surface area contributed by atoms with Gasteiger partial charge in [-0.1, -0.05) is 121 Å². The van der Waals surface area contributed by atoms with Gasteiger partial charge in [-0.05, 0) is 88.5 Å². The zero-order valence-electron chi connectivity index (χ0n) is 30.4. The van der Waals surface area contributed by atoms with E-state index in [0.29, 0.717) is 5.82 Å². The molecule has 57 heavy (non-hydrogen) atoms. The first-order valence-corrected chi connectivity index (χ1v) is 20.0. The Kier molecular flexibility index (Phi) is 6.35. The third kappa shape index (κ3) is 4.46. The van der Waals surface area contributed by atoms with Crippen LogP contribution in [-0.4, -0.2) is 14.5 Å². The van der Waals surface area contributed by atoms with E-state index in [2.05, 4.69) is 168 Å². The lowest BCUT2D eigenvalue weighted by atomic mass is 9.93. The van der Waals surface area contributed by atoms with Gasteiger partial charge in [0, 0.05) is 58.8 Å². The molecular weight excluding hydrogens is 715 g/mol. The molecule has 4 heterocycles. The van der Waals surface area contributed by atoms with E-state index in [1.807, 2.05) is 23.9 Å². The van der Waals surface area contributed by atoms with Crippen molar-refractivity contribution >= 4 is 88.0 Å². The Morgan fingerprint density at radius 1 is 0.456 bits per heavy atom. The van der Waals surface area contributed by atoms with Crippen molar-refractivity contribution in [3.8, 4) is 39.5 Å². The minimum absolute atomic E-state index is 0.704. The van der Waals surface area contributed by atoms with Crippen molar-refractivity contribution in [1.82, 2.24) is 14.5 Å². The molecule has 264 valence electrons. The van der Waals surface area contributed by atoms with Gasteiger partial charge >= 0.3 is 0 Å². The lowest BCUT2D eigenvalue weighted by molar-refractivity contribution is 0.669. The zero-order valence-corrected chi connectivity index (χ0v) is 31.2. The van der Waals surface area contributed by atoms with Crippen LogP contribution >= 0.6 is 11.8 Å². The molecule has 0 spiro atoms. The average Bonchev–Trinajstić information content (AvgIpc) is 3.80. The molecule has 3 aromatic heterocycles. The molecule has 13 rings (SSSR count). The Bertz CT molecular complexity index is 3690. The van der Waals surface area contributed by atoms with E-state index in [1.165, 1.54) is 64.6 Å². The molecule has 0 N–H and O–H groups in total. The smallest absolute Gasteiger partial charge is 0.161 e. The number of rotatable bonds is 3. The number of aromatic nitrogens is 3. The van der Waals surface area contributed by atoms with Gasteiger partial charge in [0.05, 0.1) is 27.9 Å². The molecule has 0 atom stereocenters. The summed E-state index contributed by atoms with van der Waals surface area (Å²) in [4.78, 5) is 13.1. The van der Waals surface area contributed by atoms with Crippen LogP contribution in [0.2, 0.25) is 0 Å². The molecule has 12 aromatic rings. The van der Waals surface area contributed by atoms with Gasteiger partial charge in [0.25, 0.3) is 0 Å². The van der Waals surface area contributed by atoms with Gasteiger partial charge in [-0.15, -0.1) is 0 Å². The summed E-state index contributed by atoms with van der Waals surface area (Å²) >= 11 is 1.84. The van der Waals surface area contributed by atoms with Crippen LogP contribution in [0.5, 0.6) is 0 Å². The first kappa shape index (κ1) is 31.0. The maximum absolute atomic E-state index is 6.33. The molecule has 1 aliphatic rings. The third-order valence-electron chi connectivity index (χ3n) is 11.8. The Morgan fingerprint density at radius 3 is 2.14 bits per heavy atom. The van der Waals surface area contributed by atoms with E-state index >= 15 is 0 Å². The van der Waals surface area contributed by atoms with Gasteiger partial charge in [0.1, 0.15) is 11.2 Å². The van der Waals surface area contributed by atoms with E-state index in [0.717, 1.165) is 55.0 Å². The molecule has 0 radical (unpaired) electrons. The van der Waals surface area contributed by atoms with Crippen LogP contribution < -0.4 is 0 Å². The highest BCUT2D eigenvalue weighted by atomic mass is 32.2. The van der Waals surface area contributed by atoms with Crippen molar-refractivity contribution in [2.24, 2.45) is 0 Å². The first-order chi connectivity index (χ1) is 28.2. The Balaban J connectivity index is 1.04. The van der Waals surface area contributed by atoms with Crippen LogP contribution in [0.25, 0.3) is 116 Å². The highest BCUT2D eigenvalue weighted by Crippen LogP contribution is 2.52. The standard InChI is InChI=1S/C52H29N3OS/c1-2-12-31-28-44-40(27-30(31)11-1)33-13-4-7-19-42(33)55(44)43-20-10-22-47-50(43)39-17-9-16-36-37(25-26-48(57-47)49(36)39)52-53-41-18-6-3-15-38(41)51(54-52)32-23-24-35-34-14-5-8-21-45(34)56-46(35)29-32/h1-29H. The lowest BCUT2D eigenvalue weighted by Crippen LogP contribution is -2.02. The van der Waals surface area contributed by atoms with E-state index in [-0.39, 0.29) is 0 Å². The second-order valence-electron chi connectivity index (χ2n) is 14.9. The van der Waals surface area contributed by atoms with Crippen molar-refractivity contribution in [2.75, 3.05) is 0 Å². The third-order valence-corrected chi connectivity index (χ3v) is 12.9. The number of para-hydroxylation sites is 3. The Hall–Kier alpha value is -7.21. The van der Waals surface area contributed by atoms with Gasteiger partial charge in [0.2, 0.25) is 0 Å². The molecule has 0 fully saturated rings. The number of furan rings is 1. The number of hydrogen-bond acceptors (Lipinski definition) is 4. The maximum atomic E-state index is 6.33. The summed E-state index contributed by atoms with van der Waals surface area (Å²) in [6.45, 7) is 0. The molecule has 5 heteroatoms. The summed E-state index contributed by atoms with van der Waals surface area (Å²) in [7, 11) is 0. The van der Waals surface area contributed by atoms with E-state index in [4.69, 9.17) is 14.4 Å². The van der Waals surface area contributed by atoms with Crippen LogP contribution in [0.3, 0.4) is 0 Å². The topological polar surface area (TPSA) is 43.9 Å². The summed E-state index contributed by atoms with van der Waals surface area (Å²) in [5.41, 5.74) is 11.6. The fourth-order valence-electron chi connectivity index (χ4n) is 9.25. The van der Waals surface area contributed by atoms with Gasteiger partial charge in [-0.3, -0.25) is 0 Å². The Labute approximate surface area is 330 Å². The van der Waals surface area contributed by atoms with Gasteiger partial charge in [0.15, 0.2) is 5.82 Å². The van der Waals surface area contributed by atoms with Gasteiger partial charge < -0.3 is 8.98 Å². The minimum atomic E-state index is 0.704. The van der Waals surface area contributed by atoms with Crippen molar-refractivity contribution in [2.45, 2.75) is 9.79 Å². The Morgan fingerprint density at radius 2 is 1.21 bits per heavy atom. The highest BCUT2D eigenvalue weighted by molar-refractivity contribution is 7.99. The molecular formula is C52H29N3OS. The zero-order chi connectivity index (χ0) is 37.2. The van der Waals surface area contributed by atoms with Crippen molar-refractivity contribution in [3.63, 3.8) is 0 Å². The van der Waals surface area contributed by atoms with Crippen molar-refractivity contribution in [3.05, 3.63) is 176 Å². The summed E-state index contributed by atoms with van der Waals surface area (Å²) in [5.74, 6) is 0.704. The summed E-state index contributed by atoms with van der Waals surface area (Å²) < 4.78 is 8.80. The van der Waals surface area contributed by atoms with Crippen LogP contribution in [0.4, 0.5) is 0 Å². The fraction of sp³-hybridized carbons (Fsp3) is 0. The summed E-state index contributed by atoms with van der Waals surface area (Å²) in [6.07, 6.45) is 0. The normalized spacial score (nSPS) is 12.5. The monoisotopic (exact) mass is 743 g/mol. The fourth-order valence-corrected chi connectivity index (χ4v) is 10.4. The van der Waals surface area contributed by atoms with E-state index in [9.17, 15) is 0 Å². The molecule has 4 nitrogen and oxygen atoms in total. The second kappa shape index (κ2) is 11.7. The predicted octanol–water partition coefficient (Wildman–Crippen LogP) is 14.4. The molecule has 0 amide bonds. The minimum Gasteiger partial charge on any atom is -0.456 e. The van der Waals surface area contributed by atoms with Crippen molar-refractivity contribution < 1.29 is 4.42 Å². The van der Waals surface area contributed by atoms with Crippen LogP contribution in [-0.2, 0) is 0 Å². The van der Waals surface area contributed by atoms with Gasteiger partial charge in [-0.25, -0.2) is 9.97 Å². The summed E-state index contributed by atoms with van der Waals surface area (Å²) in [6, 6.07) is 63.0. The summed E-state index contributed by atoms with van der Waals surface area (Å²) in [5, 5.41) is 10.6. The van der Waals surface area contributed by atoms with E-state index in [1.54, 1.807) is 0 Å². The second-order valence-corrected chi connectivity index (χ2v) is 16.0. The highest BCUT2D eigenvalue weighted by Gasteiger charge is 2.26. The van der Waals surface area contributed by atoms with Crippen LogP contribution in [0, 0.1) is 0 Å². The molecule has 0 saturated carbocycles. The largest absolute Gasteiger partial charge is 0.456 e. The average molecular weight is 744 g/mol. The predicted molar refractivity (Wildman–Crippen MR) is 237 cm³/mol. The molecule has 1 aliphatic heterocycles. The molecule has 0 saturated heterocycles. The lowest BCUT2D eigenvalue weighted by Gasteiger charge is -2.25. The number of hydrogen-bond donors (Lipinski definition) is 0. The SMILES string of the molecule is c1cc2c(c(-n3c4ccccc4c4cc5ccccc5cc43)c1)-c1cccc3c(-c4nc(-c5ccc6c(c5)oc5ccccc56)c5ccccc5n4)ccc(c13)S2. The number of fused-ring (bicyclic) bond motifs is 10. The van der Waals surface area contributed by atoms with Gasteiger partial charge in [-0.2, -0.15) is 0 Å². The molecule has 9 aromatic carbocycles. The molecule has 0 aliphatic carbocycles. The number of nitrogens with zero attached hydrogens (tertiary/aromatic N) is 3. The van der Waals surface area contributed by atoms with E-state index < -0.39 is 0 Å². The number of benzene rings is 9. The van der Waals surface area contributed by atoms with Crippen LogP contribution in [0.1, 0.15) is 0 Å².